The van der Waals surface area contributed by atoms with E-state index >= 15 is 0 Å². The van der Waals surface area contributed by atoms with Crippen molar-refractivity contribution in [2.45, 2.75) is 36.4 Å². The Hall–Kier alpha value is -6.60. The summed E-state index contributed by atoms with van der Waals surface area (Å²) in [5, 5.41) is 14.2. The first-order valence-corrected chi connectivity index (χ1v) is 19.1. The number of aliphatic hydroxyl groups excluding tert-OH is 1. The summed E-state index contributed by atoms with van der Waals surface area (Å²) in [4.78, 5) is 26.5. The Kier molecular flexibility index (Phi) is 10.0. The van der Waals surface area contributed by atoms with Crippen molar-refractivity contribution in [3.63, 3.8) is 0 Å². The van der Waals surface area contributed by atoms with Gasteiger partial charge in [-0.15, -0.1) is 0 Å². The maximum Gasteiger partial charge on any atom is 0.412 e. The van der Waals surface area contributed by atoms with Crippen LogP contribution in [0, 0.1) is 0 Å². The summed E-state index contributed by atoms with van der Waals surface area (Å²) >= 11 is 0. The van der Waals surface area contributed by atoms with Gasteiger partial charge in [-0.1, -0.05) is 103 Å². The molecule has 0 spiro atoms. The molecule has 2 N–H and O–H groups in total. The summed E-state index contributed by atoms with van der Waals surface area (Å²) in [5.74, 6) is 1.54. The summed E-state index contributed by atoms with van der Waals surface area (Å²) in [6, 6.07) is 41.8. The van der Waals surface area contributed by atoms with Crippen molar-refractivity contribution in [3.8, 4) is 22.6 Å². The molecular weight excluding hydrogens is 735 g/mol. The molecule has 12 heteroatoms. The van der Waals surface area contributed by atoms with Gasteiger partial charge in [0, 0.05) is 12.3 Å². The number of amides is 1. The van der Waals surface area contributed by atoms with Gasteiger partial charge in [0.05, 0.1) is 33.3 Å². The zero-order chi connectivity index (χ0) is 39.6. The van der Waals surface area contributed by atoms with Crippen molar-refractivity contribution in [2.24, 2.45) is 0 Å². The molecule has 1 amide bonds. The van der Waals surface area contributed by atoms with Crippen LogP contribution in [0.5, 0.6) is 11.5 Å². The molecule has 0 saturated carbocycles. The number of imidazole rings is 1. The van der Waals surface area contributed by atoms with Gasteiger partial charge in [0.25, 0.3) is 0 Å². The van der Waals surface area contributed by atoms with Crippen LogP contribution in [0.25, 0.3) is 22.3 Å². The zero-order valence-corrected chi connectivity index (χ0v) is 31.9. The van der Waals surface area contributed by atoms with Gasteiger partial charge >= 0.3 is 6.09 Å². The molecule has 9 rings (SSSR count). The maximum absolute atomic E-state index is 13.2. The Morgan fingerprint density at radius 3 is 1.97 bits per heavy atom. The number of rotatable bonds is 12. The van der Waals surface area contributed by atoms with Crippen molar-refractivity contribution in [2.75, 3.05) is 32.8 Å². The number of aliphatic hydroxyl groups is 1. The molecule has 7 aromatic rings. The Bertz CT molecular complexity index is 2450. The fourth-order valence-electron chi connectivity index (χ4n) is 8.20. The van der Waals surface area contributed by atoms with E-state index in [0.717, 1.165) is 38.9 Å². The number of nitrogens with zero attached hydrogens (tertiary/aromatic N) is 4. The fraction of sp³-hybridized carbons (Fsp3) is 0.217. The number of hydrogen-bond acceptors (Lipinski definition) is 10. The monoisotopic (exact) mass is 775 g/mol. The predicted octanol–water partition coefficient (Wildman–Crippen LogP) is 7.86. The average Bonchev–Trinajstić information content (AvgIpc) is 3.97. The van der Waals surface area contributed by atoms with E-state index in [2.05, 4.69) is 44.5 Å². The van der Waals surface area contributed by atoms with Crippen LogP contribution in [-0.2, 0) is 19.8 Å². The number of ether oxygens (including phenoxy) is 5. The number of anilines is 1. The first-order valence-electron chi connectivity index (χ1n) is 19.1. The Labute approximate surface area is 335 Å². The third-order valence-electron chi connectivity index (χ3n) is 11.1. The molecule has 1 aliphatic carbocycles. The van der Waals surface area contributed by atoms with E-state index in [1.807, 2.05) is 103 Å². The molecule has 0 unspecified atom stereocenters. The van der Waals surface area contributed by atoms with Gasteiger partial charge < -0.3 is 28.8 Å². The first-order chi connectivity index (χ1) is 28.5. The molecule has 2 aromatic heterocycles. The SMILES string of the molecule is COc1ccc(C(OC[C@H]2O[C@@H](n3cnc4c(NC(=O)OCC5c6ccccc6-c6ccccc65)ncnc43)C[C@@H]2O)(c2ccccc2)c2ccc(OC)cc2)cc1. The highest BCUT2D eigenvalue weighted by Gasteiger charge is 2.42. The Balaban J connectivity index is 0.933. The van der Waals surface area contributed by atoms with E-state index in [4.69, 9.17) is 23.7 Å². The van der Waals surface area contributed by atoms with Crippen molar-refractivity contribution < 1.29 is 33.6 Å². The third-order valence-corrected chi connectivity index (χ3v) is 11.1. The van der Waals surface area contributed by atoms with E-state index < -0.39 is 30.1 Å². The lowest BCUT2D eigenvalue weighted by molar-refractivity contribution is -0.0931. The van der Waals surface area contributed by atoms with Gasteiger partial charge in [0.2, 0.25) is 0 Å². The van der Waals surface area contributed by atoms with Gasteiger partial charge in [-0.3, -0.25) is 9.88 Å². The first kappa shape index (κ1) is 37.0. The smallest absolute Gasteiger partial charge is 0.412 e. The summed E-state index contributed by atoms with van der Waals surface area (Å²) in [6.07, 6.45) is 0.318. The van der Waals surface area contributed by atoms with Crippen LogP contribution in [0.3, 0.4) is 0 Å². The van der Waals surface area contributed by atoms with Crippen molar-refractivity contribution in [1.82, 2.24) is 19.5 Å². The van der Waals surface area contributed by atoms with Crippen LogP contribution in [-0.4, -0.2) is 70.4 Å². The van der Waals surface area contributed by atoms with Crippen molar-refractivity contribution in [3.05, 3.63) is 168 Å². The molecule has 292 valence electrons. The van der Waals surface area contributed by atoms with Crippen LogP contribution in [0.2, 0.25) is 0 Å². The van der Waals surface area contributed by atoms with Crippen LogP contribution < -0.4 is 14.8 Å². The molecule has 3 atom stereocenters. The molecule has 12 nitrogen and oxygen atoms in total. The summed E-state index contributed by atoms with van der Waals surface area (Å²) < 4.78 is 32.0. The molecule has 58 heavy (non-hydrogen) atoms. The number of methoxy groups -OCH3 is 2. The predicted molar refractivity (Wildman–Crippen MR) is 217 cm³/mol. The number of carbonyl (C=O) groups is 1. The minimum absolute atomic E-state index is 0.0425. The average molecular weight is 776 g/mol. The lowest BCUT2D eigenvalue weighted by atomic mass is 9.80. The second kappa shape index (κ2) is 15.7. The van der Waals surface area contributed by atoms with Crippen LogP contribution in [0.15, 0.2) is 140 Å². The summed E-state index contributed by atoms with van der Waals surface area (Å²) in [7, 11) is 3.26. The minimum atomic E-state index is -1.09. The molecule has 0 bridgehead atoms. The second-order valence-electron chi connectivity index (χ2n) is 14.2. The molecular formula is C46H41N5O7. The normalized spacial score (nSPS) is 17.5. The van der Waals surface area contributed by atoms with E-state index in [0.29, 0.717) is 22.7 Å². The largest absolute Gasteiger partial charge is 0.497 e. The van der Waals surface area contributed by atoms with Gasteiger partial charge in [-0.2, -0.15) is 0 Å². The summed E-state index contributed by atoms with van der Waals surface area (Å²) in [6.45, 7) is 0.198. The lowest BCUT2D eigenvalue weighted by Crippen LogP contribution is -2.38. The number of aromatic nitrogens is 4. The molecule has 5 aromatic carbocycles. The number of carbonyl (C=O) groups excluding carboxylic acids is 1. The Morgan fingerprint density at radius 1 is 0.759 bits per heavy atom. The summed E-state index contributed by atoms with van der Waals surface area (Å²) in [5.41, 5.74) is 6.85. The van der Waals surface area contributed by atoms with Crippen LogP contribution in [0.1, 0.15) is 46.4 Å². The minimum Gasteiger partial charge on any atom is -0.497 e. The highest BCUT2D eigenvalue weighted by Crippen LogP contribution is 2.45. The van der Waals surface area contributed by atoms with Crippen LogP contribution in [0.4, 0.5) is 10.6 Å². The van der Waals surface area contributed by atoms with E-state index in [9.17, 15) is 9.90 Å². The number of benzene rings is 5. The fourth-order valence-corrected chi connectivity index (χ4v) is 8.20. The maximum atomic E-state index is 13.2. The molecule has 2 aliphatic rings. The highest BCUT2D eigenvalue weighted by atomic mass is 16.6. The van der Waals surface area contributed by atoms with E-state index in [-0.39, 0.29) is 31.4 Å². The van der Waals surface area contributed by atoms with Crippen LogP contribution >= 0.6 is 0 Å². The van der Waals surface area contributed by atoms with E-state index in [1.54, 1.807) is 25.1 Å². The number of fused-ring (bicyclic) bond motifs is 4. The third kappa shape index (κ3) is 6.70. The number of nitrogens with one attached hydrogen (secondary N) is 1. The van der Waals surface area contributed by atoms with Gasteiger partial charge in [0.15, 0.2) is 17.0 Å². The standard InChI is InChI=1S/C46H41N5O7/c1-54-32-20-16-30(17-21-32)46(29-10-4-3-5-11-29,31-18-22-33(55-2)23-19-31)57-26-40-39(52)24-41(58-40)51-28-49-42-43(47-27-48-44(42)51)50-45(53)56-25-38-36-14-8-6-12-34(36)35-13-7-9-15-37(35)38/h3-23,27-28,38-41,52H,24-26H2,1-2H3,(H,47,48,50,53)/t39-,40+,41+/m0/s1. The van der Waals surface area contributed by atoms with E-state index in [1.165, 1.54) is 6.33 Å². The second-order valence-corrected chi connectivity index (χ2v) is 14.2. The molecule has 1 fully saturated rings. The highest BCUT2D eigenvalue weighted by molar-refractivity contribution is 5.93. The van der Waals surface area contributed by atoms with Crippen molar-refractivity contribution in [1.29, 1.82) is 0 Å². The zero-order valence-electron chi connectivity index (χ0n) is 31.9. The van der Waals surface area contributed by atoms with Gasteiger partial charge in [0.1, 0.15) is 42.4 Å². The quantitative estimate of drug-likeness (QED) is 0.118. The molecule has 0 radical (unpaired) electrons. The lowest BCUT2D eigenvalue weighted by Gasteiger charge is -2.37. The Morgan fingerprint density at radius 2 is 1.34 bits per heavy atom. The van der Waals surface area contributed by atoms with Gasteiger partial charge in [-0.05, 0) is 63.2 Å². The van der Waals surface area contributed by atoms with Gasteiger partial charge in [-0.25, -0.2) is 19.7 Å². The topological polar surface area (TPSA) is 139 Å². The molecule has 3 heterocycles. The molecule has 1 saturated heterocycles. The van der Waals surface area contributed by atoms with Crippen molar-refractivity contribution >= 4 is 23.1 Å². The number of hydrogen-bond donors (Lipinski definition) is 2. The molecule has 1 aliphatic heterocycles.